The van der Waals surface area contributed by atoms with Gasteiger partial charge in [-0.15, -0.1) is 0 Å². The number of piperidine rings is 1. The number of hydrogen-bond acceptors (Lipinski definition) is 8. The number of rotatable bonds is 5. The molecule has 4 aromatic heterocycles. The van der Waals surface area contributed by atoms with Gasteiger partial charge >= 0.3 is 0 Å². The third-order valence-electron chi connectivity index (χ3n) is 6.64. The van der Waals surface area contributed by atoms with Crippen LogP contribution in [0.15, 0.2) is 31.0 Å². The second-order valence-electron chi connectivity index (χ2n) is 9.04. The summed E-state index contributed by atoms with van der Waals surface area (Å²) in [6.45, 7) is 7.57. The van der Waals surface area contributed by atoms with Gasteiger partial charge in [0.1, 0.15) is 10.0 Å². The van der Waals surface area contributed by atoms with Crippen LogP contribution < -0.4 is 10.6 Å². The number of aromatic nitrogens is 6. The fraction of sp³-hybridized carbons (Fsp3) is 0.455. The standard InChI is InChI=1S/C22H27N9S/c1-15-11-31-17(16-7-26-27-8-16)9-25-21(31)20(28-15)29-18-10-24-19(32-18)12-30-6-4-22(14-30)3-2-5-23-13-22/h7-11,23H,2-6,12-14H2,1H3,(H,26,27)(H,28,29). The van der Waals surface area contributed by atoms with Crippen molar-refractivity contribution in [3.63, 3.8) is 0 Å². The number of imidazole rings is 1. The van der Waals surface area contributed by atoms with E-state index in [-0.39, 0.29) is 0 Å². The maximum Gasteiger partial charge on any atom is 0.180 e. The highest BCUT2D eigenvalue weighted by Crippen LogP contribution is 2.37. The van der Waals surface area contributed by atoms with Crippen LogP contribution in [0, 0.1) is 12.3 Å². The van der Waals surface area contributed by atoms with Gasteiger partial charge in [0.15, 0.2) is 11.5 Å². The average molecular weight is 450 g/mol. The van der Waals surface area contributed by atoms with Crippen LogP contribution in [-0.2, 0) is 6.54 Å². The molecule has 6 rings (SSSR count). The highest BCUT2D eigenvalue weighted by molar-refractivity contribution is 7.15. The predicted octanol–water partition coefficient (Wildman–Crippen LogP) is 3.20. The van der Waals surface area contributed by atoms with Gasteiger partial charge in [-0.3, -0.25) is 14.4 Å². The minimum absolute atomic E-state index is 0.473. The number of anilines is 2. The lowest BCUT2D eigenvalue weighted by atomic mass is 9.80. The fourth-order valence-electron chi connectivity index (χ4n) is 5.09. The van der Waals surface area contributed by atoms with Gasteiger partial charge in [-0.05, 0) is 44.7 Å². The third kappa shape index (κ3) is 3.68. The molecule has 6 heterocycles. The lowest BCUT2D eigenvalue weighted by Gasteiger charge is -2.33. The summed E-state index contributed by atoms with van der Waals surface area (Å²) in [5, 5.41) is 16.1. The fourth-order valence-corrected chi connectivity index (χ4v) is 5.95. The number of H-pyrrole nitrogens is 1. The smallest absolute Gasteiger partial charge is 0.180 e. The monoisotopic (exact) mass is 449 g/mol. The Labute approximate surface area is 190 Å². The van der Waals surface area contributed by atoms with E-state index >= 15 is 0 Å². The molecule has 0 saturated carbocycles. The lowest BCUT2D eigenvalue weighted by molar-refractivity contribution is 0.199. The van der Waals surface area contributed by atoms with E-state index in [4.69, 9.17) is 4.98 Å². The van der Waals surface area contributed by atoms with E-state index in [2.05, 4.69) is 40.1 Å². The molecular weight excluding hydrogens is 422 g/mol. The minimum Gasteiger partial charge on any atom is -0.327 e. The van der Waals surface area contributed by atoms with Crippen LogP contribution in [0.4, 0.5) is 10.8 Å². The molecule has 3 N–H and O–H groups in total. The number of nitrogens with one attached hydrogen (secondary N) is 3. The Bertz CT molecular complexity index is 1220. The molecule has 4 aromatic rings. The van der Waals surface area contributed by atoms with Crippen LogP contribution in [0.5, 0.6) is 0 Å². The van der Waals surface area contributed by atoms with Crippen molar-refractivity contribution in [2.75, 3.05) is 31.5 Å². The molecule has 1 atom stereocenters. The molecular formula is C22H27N9S. The normalized spacial score (nSPS) is 21.7. The summed E-state index contributed by atoms with van der Waals surface area (Å²) in [6.07, 6.45) is 13.4. The van der Waals surface area contributed by atoms with Crippen molar-refractivity contribution in [2.24, 2.45) is 5.41 Å². The minimum atomic E-state index is 0.473. The summed E-state index contributed by atoms with van der Waals surface area (Å²) in [5.41, 5.74) is 4.14. The van der Waals surface area contributed by atoms with Crippen LogP contribution in [-0.4, -0.2) is 60.6 Å². The first-order chi connectivity index (χ1) is 15.7. The van der Waals surface area contributed by atoms with Gasteiger partial charge in [-0.2, -0.15) is 5.10 Å². The molecule has 2 aliphatic heterocycles. The number of aromatic amines is 1. The summed E-state index contributed by atoms with van der Waals surface area (Å²) >= 11 is 1.70. The second kappa shape index (κ2) is 7.95. The zero-order valence-corrected chi connectivity index (χ0v) is 19.0. The zero-order valence-electron chi connectivity index (χ0n) is 18.1. The molecule has 0 aromatic carbocycles. The first-order valence-corrected chi connectivity index (χ1v) is 12.0. The largest absolute Gasteiger partial charge is 0.327 e. The third-order valence-corrected chi connectivity index (χ3v) is 7.54. The zero-order chi connectivity index (χ0) is 21.5. The Balaban J connectivity index is 1.19. The van der Waals surface area contributed by atoms with E-state index in [0.29, 0.717) is 5.41 Å². The predicted molar refractivity (Wildman–Crippen MR) is 125 cm³/mol. The molecule has 2 saturated heterocycles. The maximum absolute atomic E-state index is 4.70. The Kier molecular flexibility index (Phi) is 4.93. The average Bonchev–Trinajstić information content (AvgIpc) is 3.57. The molecule has 2 aliphatic rings. The van der Waals surface area contributed by atoms with Gasteiger partial charge < -0.3 is 10.6 Å². The van der Waals surface area contributed by atoms with E-state index in [9.17, 15) is 0 Å². The molecule has 32 heavy (non-hydrogen) atoms. The van der Waals surface area contributed by atoms with E-state index in [1.54, 1.807) is 17.5 Å². The Morgan fingerprint density at radius 2 is 2.19 bits per heavy atom. The molecule has 1 unspecified atom stereocenters. The van der Waals surface area contributed by atoms with Crippen molar-refractivity contribution in [2.45, 2.75) is 32.7 Å². The van der Waals surface area contributed by atoms with Gasteiger partial charge in [-0.1, -0.05) is 11.3 Å². The molecule has 10 heteroatoms. The number of likely N-dealkylation sites (tertiary alicyclic amines) is 1. The molecule has 0 bridgehead atoms. The second-order valence-corrected chi connectivity index (χ2v) is 10.2. The van der Waals surface area contributed by atoms with E-state index in [0.717, 1.165) is 58.1 Å². The number of fused-ring (bicyclic) bond motifs is 1. The summed E-state index contributed by atoms with van der Waals surface area (Å²) in [7, 11) is 0. The topological polar surface area (TPSA) is 99.1 Å². The Hall–Kier alpha value is -2.82. The van der Waals surface area contributed by atoms with Crippen molar-refractivity contribution < 1.29 is 0 Å². The lowest BCUT2D eigenvalue weighted by Crippen LogP contribution is -2.41. The molecule has 0 radical (unpaired) electrons. The van der Waals surface area contributed by atoms with E-state index in [1.165, 1.54) is 32.4 Å². The van der Waals surface area contributed by atoms with Gasteiger partial charge in [-0.25, -0.2) is 15.0 Å². The van der Waals surface area contributed by atoms with Crippen LogP contribution >= 0.6 is 11.3 Å². The molecule has 0 aliphatic carbocycles. The number of hydrogen-bond donors (Lipinski definition) is 3. The molecule has 2 fully saturated rings. The first-order valence-electron chi connectivity index (χ1n) is 11.2. The highest BCUT2D eigenvalue weighted by Gasteiger charge is 2.38. The van der Waals surface area contributed by atoms with Crippen LogP contribution in [0.25, 0.3) is 16.9 Å². The van der Waals surface area contributed by atoms with E-state index < -0.39 is 0 Å². The van der Waals surface area contributed by atoms with Crippen LogP contribution in [0.2, 0.25) is 0 Å². The van der Waals surface area contributed by atoms with E-state index in [1.807, 2.05) is 31.7 Å². The first kappa shape index (κ1) is 19.8. The van der Waals surface area contributed by atoms with Crippen molar-refractivity contribution in [1.82, 2.24) is 39.8 Å². The van der Waals surface area contributed by atoms with Crippen LogP contribution in [0.3, 0.4) is 0 Å². The maximum atomic E-state index is 4.70. The molecule has 9 nitrogen and oxygen atoms in total. The van der Waals surface area contributed by atoms with Crippen molar-refractivity contribution in [3.8, 4) is 11.3 Å². The van der Waals surface area contributed by atoms with Gasteiger partial charge in [0.05, 0.1) is 36.5 Å². The Morgan fingerprint density at radius 1 is 1.22 bits per heavy atom. The highest BCUT2D eigenvalue weighted by atomic mass is 32.1. The van der Waals surface area contributed by atoms with Crippen molar-refractivity contribution in [3.05, 3.63) is 41.7 Å². The van der Waals surface area contributed by atoms with Gasteiger partial charge in [0.25, 0.3) is 0 Å². The number of thiazole rings is 1. The number of nitrogens with zero attached hydrogens (tertiary/aromatic N) is 6. The summed E-state index contributed by atoms with van der Waals surface area (Å²) in [5.74, 6) is 0.739. The summed E-state index contributed by atoms with van der Waals surface area (Å²) in [4.78, 5) is 16.6. The molecule has 166 valence electrons. The molecule has 1 spiro atoms. The molecule has 0 amide bonds. The van der Waals surface area contributed by atoms with Crippen molar-refractivity contribution in [1.29, 1.82) is 0 Å². The van der Waals surface area contributed by atoms with Gasteiger partial charge in [0, 0.05) is 31.0 Å². The number of aryl methyl sites for hydroxylation is 1. The van der Waals surface area contributed by atoms with Crippen molar-refractivity contribution >= 4 is 27.8 Å². The SMILES string of the molecule is Cc1cn2c(-c3cn[nH]c3)cnc2c(Nc2cnc(CN3CCC4(CCCNC4)C3)s2)n1. The quantitative estimate of drug-likeness (QED) is 0.430. The summed E-state index contributed by atoms with van der Waals surface area (Å²) in [6, 6.07) is 0. The van der Waals surface area contributed by atoms with Gasteiger partial charge in [0.2, 0.25) is 0 Å². The summed E-state index contributed by atoms with van der Waals surface area (Å²) < 4.78 is 2.05. The van der Waals surface area contributed by atoms with Crippen LogP contribution in [0.1, 0.15) is 30.0 Å². The Morgan fingerprint density at radius 3 is 3.03 bits per heavy atom.